The van der Waals surface area contributed by atoms with Gasteiger partial charge in [-0.05, 0) is 18.8 Å². The Kier molecular flexibility index (Phi) is 6.72. The molecule has 4 nitrogen and oxygen atoms in total. The molecule has 0 amide bonds. The fraction of sp³-hybridized carbons (Fsp3) is 0.917. The molecule has 1 saturated carbocycles. The van der Waals surface area contributed by atoms with Crippen molar-refractivity contribution in [2.24, 2.45) is 10.9 Å². The van der Waals surface area contributed by atoms with E-state index >= 15 is 0 Å². The molecule has 2 fully saturated rings. The summed E-state index contributed by atoms with van der Waals surface area (Å²) in [5.74, 6) is 1.00. The van der Waals surface area contributed by atoms with Gasteiger partial charge in [0.2, 0.25) is 0 Å². The lowest BCUT2D eigenvalue weighted by atomic mass is 10.1. The molecule has 0 aromatic carbocycles. The summed E-state index contributed by atoms with van der Waals surface area (Å²) in [7, 11) is 1.61. The van der Waals surface area contributed by atoms with Crippen LogP contribution in [0.25, 0.3) is 0 Å². The average molecular weight is 388 g/mol. The van der Waals surface area contributed by atoms with Crippen molar-refractivity contribution in [3.8, 4) is 0 Å². The zero-order chi connectivity index (χ0) is 13.1. The van der Waals surface area contributed by atoms with Gasteiger partial charge in [0.25, 0.3) is 6.43 Å². The molecule has 19 heavy (non-hydrogen) atoms. The van der Waals surface area contributed by atoms with Crippen LogP contribution < -0.4 is 10.6 Å². The van der Waals surface area contributed by atoms with Gasteiger partial charge in [0, 0.05) is 32.2 Å². The van der Waals surface area contributed by atoms with Crippen molar-refractivity contribution in [3.05, 3.63) is 0 Å². The molecule has 0 bridgehead atoms. The van der Waals surface area contributed by atoms with E-state index in [1.54, 1.807) is 7.05 Å². The van der Waals surface area contributed by atoms with Gasteiger partial charge in [-0.2, -0.15) is 0 Å². The SMILES string of the molecule is CN=C(NCC(F)F)NC1CN(C2CC2)CC1C.I. The second-order valence-electron chi connectivity index (χ2n) is 5.26. The number of alkyl halides is 2. The molecule has 112 valence electrons. The summed E-state index contributed by atoms with van der Waals surface area (Å²) in [6.07, 6.45) is 0.253. The molecule has 2 rings (SSSR count). The van der Waals surface area contributed by atoms with Gasteiger partial charge in [-0.3, -0.25) is 9.89 Å². The highest BCUT2D eigenvalue weighted by Gasteiger charge is 2.38. The first-order valence-corrected chi connectivity index (χ1v) is 6.59. The summed E-state index contributed by atoms with van der Waals surface area (Å²) >= 11 is 0. The Morgan fingerprint density at radius 1 is 1.37 bits per heavy atom. The molecule has 1 heterocycles. The third-order valence-electron chi connectivity index (χ3n) is 3.67. The van der Waals surface area contributed by atoms with Crippen LogP contribution in [-0.4, -0.2) is 56.1 Å². The molecule has 2 atom stereocenters. The van der Waals surface area contributed by atoms with Crippen LogP contribution in [0.3, 0.4) is 0 Å². The van der Waals surface area contributed by atoms with Crippen LogP contribution in [0.4, 0.5) is 8.78 Å². The maximum Gasteiger partial charge on any atom is 0.255 e. The van der Waals surface area contributed by atoms with E-state index in [0.29, 0.717) is 17.9 Å². The Bertz CT molecular complexity index is 310. The third-order valence-corrected chi connectivity index (χ3v) is 3.67. The second-order valence-corrected chi connectivity index (χ2v) is 5.26. The molecular formula is C12H23F2IN4. The number of nitrogens with one attached hydrogen (secondary N) is 2. The van der Waals surface area contributed by atoms with Crippen LogP contribution >= 0.6 is 24.0 Å². The quantitative estimate of drug-likeness (QED) is 0.436. The minimum absolute atomic E-state index is 0. The van der Waals surface area contributed by atoms with Gasteiger partial charge < -0.3 is 10.6 Å². The average Bonchev–Trinajstić information content (AvgIpc) is 3.10. The van der Waals surface area contributed by atoms with Crippen LogP contribution in [0, 0.1) is 5.92 Å². The molecule has 0 aromatic heterocycles. The largest absolute Gasteiger partial charge is 0.352 e. The summed E-state index contributed by atoms with van der Waals surface area (Å²) in [6, 6.07) is 1.06. The van der Waals surface area contributed by atoms with E-state index in [1.165, 1.54) is 12.8 Å². The highest BCUT2D eigenvalue weighted by molar-refractivity contribution is 14.0. The van der Waals surface area contributed by atoms with Crippen LogP contribution in [0.15, 0.2) is 4.99 Å². The molecule has 0 radical (unpaired) electrons. The van der Waals surface area contributed by atoms with Crippen molar-refractivity contribution in [1.82, 2.24) is 15.5 Å². The van der Waals surface area contributed by atoms with Crippen LogP contribution in [-0.2, 0) is 0 Å². The standard InChI is InChI=1S/C12H22F2N4.HI/c1-8-6-18(9-3-4-9)7-10(8)17-12(15-2)16-5-11(13)14;/h8-11H,3-7H2,1-2H3,(H2,15,16,17);1H. The molecular weight excluding hydrogens is 365 g/mol. The Hall–Kier alpha value is -0.180. The number of likely N-dealkylation sites (tertiary alicyclic amines) is 1. The van der Waals surface area contributed by atoms with Gasteiger partial charge in [0.1, 0.15) is 0 Å². The minimum atomic E-state index is -2.35. The maximum atomic E-state index is 12.1. The summed E-state index contributed by atoms with van der Waals surface area (Å²) < 4.78 is 24.3. The molecule has 7 heteroatoms. The highest BCUT2D eigenvalue weighted by atomic mass is 127. The van der Waals surface area contributed by atoms with Gasteiger partial charge in [0.05, 0.1) is 6.54 Å². The van der Waals surface area contributed by atoms with Crippen molar-refractivity contribution in [3.63, 3.8) is 0 Å². The van der Waals surface area contributed by atoms with E-state index in [-0.39, 0.29) is 30.5 Å². The number of nitrogens with zero attached hydrogens (tertiary/aromatic N) is 2. The van der Waals surface area contributed by atoms with E-state index < -0.39 is 6.43 Å². The van der Waals surface area contributed by atoms with Crippen molar-refractivity contribution >= 4 is 29.9 Å². The summed E-state index contributed by atoms with van der Waals surface area (Å²) in [4.78, 5) is 6.47. The van der Waals surface area contributed by atoms with Gasteiger partial charge in [-0.15, -0.1) is 24.0 Å². The molecule has 0 spiro atoms. The lowest BCUT2D eigenvalue weighted by Gasteiger charge is -2.20. The number of aliphatic imine (C=N–C) groups is 1. The van der Waals surface area contributed by atoms with Crippen LogP contribution in [0.2, 0.25) is 0 Å². The van der Waals surface area contributed by atoms with Crippen molar-refractivity contribution < 1.29 is 8.78 Å². The highest BCUT2D eigenvalue weighted by Crippen LogP contribution is 2.31. The number of guanidine groups is 1. The van der Waals surface area contributed by atoms with Gasteiger partial charge >= 0.3 is 0 Å². The Morgan fingerprint density at radius 3 is 2.58 bits per heavy atom. The number of halogens is 3. The molecule has 2 aliphatic rings. The molecule has 2 N–H and O–H groups in total. The lowest BCUT2D eigenvalue weighted by Crippen LogP contribution is -2.47. The molecule has 2 unspecified atom stereocenters. The predicted octanol–water partition coefficient (Wildman–Crippen LogP) is 1.52. The Balaban J connectivity index is 0.00000180. The summed E-state index contributed by atoms with van der Waals surface area (Å²) in [5.41, 5.74) is 0. The van der Waals surface area contributed by atoms with Crippen molar-refractivity contribution in [2.75, 3.05) is 26.7 Å². The van der Waals surface area contributed by atoms with E-state index in [9.17, 15) is 8.78 Å². The predicted molar refractivity (Wildman–Crippen MR) is 83.5 cm³/mol. The normalized spacial score (nSPS) is 28.4. The Morgan fingerprint density at radius 2 is 2.05 bits per heavy atom. The summed E-state index contributed by atoms with van der Waals surface area (Å²) in [6.45, 7) is 3.92. The number of hydrogen-bond acceptors (Lipinski definition) is 2. The number of rotatable bonds is 4. The summed E-state index contributed by atoms with van der Waals surface area (Å²) in [5, 5.41) is 5.89. The smallest absolute Gasteiger partial charge is 0.255 e. The van der Waals surface area contributed by atoms with Gasteiger partial charge in [-0.1, -0.05) is 6.92 Å². The van der Waals surface area contributed by atoms with E-state index in [2.05, 4.69) is 27.4 Å². The van der Waals surface area contributed by atoms with Crippen LogP contribution in [0.1, 0.15) is 19.8 Å². The first kappa shape index (κ1) is 16.9. The zero-order valence-corrected chi connectivity index (χ0v) is 13.7. The Labute approximate surface area is 130 Å². The topological polar surface area (TPSA) is 39.7 Å². The number of hydrogen-bond donors (Lipinski definition) is 2. The first-order valence-electron chi connectivity index (χ1n) is 6.59. The first-order chi connectivity index (χ1) is 8.60. The molecule has 1 aliphatic carbocycles. The van der Waals surface area contributed by atoms with Crippen LogP contribution in [0.5, 0.6) is 0 Å². The van der Waals surface area contributed by atoms with Gasteiger partial charge in [-0.25, -0.2) is 8.78 Å². The minimum Gasteiger partial charge on any atom is -0.352 e. The maximum absolute atomic E-state index is 12.1. The zero-order valence-electron chi connectivity index (χ0n) is 11.4. The molecule has 0 aromatic rings. The molecule has 1 saturated heterocycles. The fourth-order valence-corrected chi connectivity index (χ4v) is 2.47. The van der Waals surface area contributed by atoms with Crippen molar-refractivity contribution in [2.45, 2.75) is 38.3 Å². The van der Waals surface area contributed by atoms with Crippen molar-refractivity contribution in [1.29, 1.82) is 0 Å². The second kappa shape index (κ2) is 7.56. The third kappa shape index (κ3) is 5.02. The van der Waals surface area contributed by atoms with E-state index in [0.717, 1.165) is 19.1 Å². The van der Waals surface area contributed by atoms with Gasteiger partial charge in [0.15, 0.2) is 5.96 Å². The monoisotopic (exact) mass is 388 g/mol. The van der Waals surface area contributed by atoms with E-state index in [1.807, 2.05) is 0 Å². The van der Waals surface area contributed by atoms with E-state index in [4.69, 9.17) is 0 Å². The lowest BCUT2D eigenvalue weighted by molar-refractivity contribution is 0.152. The fourth-order valence-electron chi connectivity index (χ4n) is 2.47. The molecule has 1 aliphatic heterocycles.